The number of amides is 2. The molecule has 0 unspecified atom stereocenters. The molecular formula is C13H10Br2N2O3S. The fourth-order valence-electron chi connectivity index (χ4n) is 1.59. The average molecular weight is 434 g/mol. The number of halogens is 2. The molecule has 110 valence electrons. The molecule has 0 radical (unpaired) electrons. The number of hydrogen-bond acceptors (Lipinski definition) is 4. The topological polar surface area (TPSA) is 78.4 Å². The van der Waals surface area contributed by atoms with Crippen LogP contribution in [0.1, 0.15) is 25.6 Å². The summed E-state index contributed by atoms with van der Waals surface area (Å²) in [6.07, 6.45) is 0. The van der Waals surface area contributed by atoms with E-state index in [1.807, 2.05) is 0 Å². The van der Waals surface area contributed by atoms with Gasteiger partial charge in [0.05, 0.1) is 18.7 Å². The molecule has 1 aromatic heterocycles. The van der Waals surface area contributed by atoms with Gasteiger partial charge in [0.15, 0.2) is 0 Å². The van der Waals surface area contributed by atoms with Crippen LogP contribution in [-0.4, -0.2) is 16.9 Å². The summed E-state index contributed by atoms with van der Waals surface area (Å²) in [7, 11) is 0. The maximum absolute atomic E-state index is 12.0. The smallest absolute Gasteiger partial charge is 0.279 e. The first-order chi connectivity index (χ1) is 9.88. The number of benzene rings is 1. The number of hydrogen-bond donors (Lipinski definition) is 3. The molecule has 0 fully saturated rings. The zero-order valence-corrected chi connectivity index (χ0v) is 14.7. The zero-order valence-electron chi connectivity index (χ0n) is 10.7. The van der Waals surface area contributed by atoms with Crippen LogP contribution < -0.4 is 10.9 Å². The van der Waals surface area contributed by atoms with Crippen molar-refractivity contribution in [3.8, 4) is 5.75 Å². The van der Waals surface area contributed by atoms with E-state index in [4.69, 9.17) is 0 Å². The summed E-state index contributed by atoms with van der Waals surface area (Å²) in [6.45, 7) is 1.79. The lowest BCUT2D eigenvalue weighted by Gasteiger charge is -2.09. The van der Waals surface area contributed by atoms with E-state index in [0.29, 0.717) is 9.35 Å². The van der Waals surface area contributed by atoms with Gasteiger partial charge in [-0.2, -0.15) is 0 Å². The Labute approximate surface area is 141 Å². The number of nitrogens with one attached hydrogen (secondary N) is 2. The predicted octanol–water partition coefficient (Wildman–Crippen LogP) is 3.36. The van der Waals surface area contributed by atoms with Gasteiger partial charge in [-0.3, -0.25) is 20.4 Å². The highest BCUT2D eigenvalue weighted by atomic mass is 79.9. The van der Waals surface area contributed by atoms with E-state index in [2.05, 4.69) is 42.7 Å². The second-order valence-electron chi connectivity index (χ2n) is 4.15. The molecule has 3 N–H and O–H groups in total. The highest BCUT2D eigenvalue weighted by Crippen LogP contribution is 2.29. The number of thiophene rings is 1. The van der Waals surface area contributed by atoms with Crippen LogP contribution in [-0.2, 0) is 0 Å². The van der Waals surface area contributed by atoms with Gasteiger partial charge in [0.1, 0.15) is 5.75 Å². The van der Waals surface area contributed by atoms with E-state index < -0.39 is 11.8 Å². The van der Waals surface area contributed by atoms with Crippen LogP contribution in [0, 0.1) is 6.92 Å². The summed E-state index contributed by atoms with van der Waals surface area (Å²) < 4.78 is 1.24. The molecule has 2 amide bonds. The Bertz CT molecular complexity index is 715. The molecule has 0 aliphatic rings. The van der Waals surface area contributed by atoms with E-state index >= 15 is 0 Å². The SMILES string of the molecule is Cc1cc(Br)c(O)c(C(=O)NNC(=O)c2ccc(Br)s2)c1. The fourth-order valence-corrected chi connectivity index (χ4v) is 3.44. The van der Waals surface area contributed by atoms with Gasteiger partial charge in [0, 0.05) is 0 Å². The second-order valence-corrected chi connectivity index (χ2v) is 7.47. The van der Waals surface area contributed by atoms with E-state index in [1.54, 1.807) is 25.1 Å². The van der Waals surface area contributed by atoms with Crippen molar-refractivity contribution in [2.24, 2.45) is 0 Å². The molecule has 8 heteroatoms. The summed E-state index contributed by atoms with van der Waals surface area (Å²) in [6, 6.07) is 6.60. The average Bonchev–Trinajstić information content (AvgIpc) is 2.86. The number of phenolic OH excluding ortho intramolecular Hbond substituents is 1. The van der Waals surface area contributed by atoms with Gasteiger partial charge in [0.25, 0.3) is 11.8 Å². The molecule has 0 bridgehead atoms. The highest BCUT2D eigenvalue weighted by Gasteiger charge is 2.16. The first-order valence-corrected chi connectivity index (χ1v) is 8.14. The van der Waals surface area contributed by atoms with Crippen molar-refractivity contribution in [3.05, 3.63) is 48.5 Å². The maximum Gasteiger partial charge on any atom is 0.279 e. The van der Waals surface area contributed by atoms with Gasteiger partial charge in [-0.05, 0) is 68.6 Å². The van der Waals surface area contributed by atoms with Crippen molar-refractivity contribution in [1.82, 2.24) is 10.9 Å². The third kappa shape index (κ3) is 3.84. The Kier molecular flexibility index (Phi) is 5.02. The van der Waals surface area contributed by atoms with Gasteiger partial charge in [-0.15, -0.1) is 11.3 Å². The first-order valence-electron chi connectivity index (χ1n) is 5.73. The van der Waals surface area contributed by atoms with Crippen LogP contribution in [0.25, 0.3) is 0 Å². The second kappa shape index (κ2) is 6.59. The van der Waals surface area contributed by atoms with Gasteiger partial charge >= 0.3 is 0 Å². The Hall–Kier alpha value is -1.38. The maximum atomic E-state index is 12.0. The van der Waals surface area contributed by atoms with Crippen LogP contribution in [0.3, 0.4) is 0 Å². The molecule has 0 atom stereocenters. The number of rotatable bonds is 2. The van der Waals surface area contributed by atoms with Crippen LogP contribution >= 0.6 is 43.2 Å². The Morgan fingerprint density at radius 2 is 1.81 bits per heavy atom. The lowest BCUT2D eigenvalue weighted by Crippen LogP contribution is -2.41. The first kappa shape index (κ1) is 16.0. The molecule has 5 nitrogen and oxygen atoms in total. The summed E-state index contributed by atoms with van der Waals surface area (Å²) in [4.78, 5) is 24.3. The van der Waals surface area contributed by atoms with Crippen molar-refractivity contribution in [3.63, 3.8) is 0 Å². The molecular weight excluding hydrogens is 424 g/mol. The molecule has 0 aliphatic heterocycles. The number of aryl methyl sites for hydroxylation is 1. The standard InChI is InChI=1S/C13H10Br2N2O3S/c1-6-4-7(11(18)8(14)5-6)12(19)16-17-13(20)9-2-3-10(15)21-9/h2-5,18H,1H3,(H,16,19)(H,17,20). The molecule has 21 heavy (non-hydrogen) atoms. The molecule has 0 spiro atoms. The predicted molar refractivity (Wildman–Crippen MR) is 87.5 cm³/mol. The molecule has 0 aliphatic carbocycles. The van der Waals surface area contributed by atoms with Crippen LogP contribution in [0.15, 0.2) is 32.5 Å². The summed E-state index contributed by atoms with van der Waals surface area (Å²) in [5.74, 6) is -1.20. The molecule has 0 saturated heterocycles. The molecule has 1 heterocycles. The highest BCUT2D eigenvalue weighted by molar-refractivity contribution is 9.11. The Morgan fingerprint density at radius 3 is 2.43 bits per heavy atom. The summed E-state index contributed by atoms with van der Waals surface area (Å²) in [5, 5.41) is 9.85. The van der Waals surface area contributed by atoms with E-state index in [0.717, 1.165) is 9.35 Å². The van der Waals surface area contributed by atoms with Crippen molar-refractivity contribution in [2.45, 2.75) is 6.92 Å². The van der Waals surface area contributed by atoms with E-state index in [9.17, 15) is 14.7 Å². The van der Waals surface area contributed by atoms with Gasteiger partial charge in [-0.25, -0.2) is 0 Å². The Morgan fingerprint density at radius 1 is 1.14 bits per heavy atom. The summed E-state index contributed by atoms with van der Waals surface area (Å²) in [5.41, 5.74) is 5.46. The van der Waals surface area contributed by atoms with Crippen LogP contribution in [0.2, 0.25) is 0 Å². The number of aromatic hydroxyl groups is 1. The molecule has 2 rings (SSSR count). The van der Waals surface area contributed by atoms with Crippen LogP contribution in [0.5, 0.6) is 5.75 Å². The minimum atomic E-state index is -0.596. The zero-order chi connectivity index (χ0) is 15.6. The van der Waals surface area contributed by atoms with E-state index in [-0.39, 0.29) is 11.3 Å². The van der Waals surface area contributed by atoms with Crippen LogP contribution in [0.4, 0.5) is 0 Å². The van der Waals surface area contributed by atoms with Crippen molar-refractivity contribution >= 4 is 55.0 Å². The number of carbonyl (C=O) groups excluding carboxylic acids is 2. The van der Waals surface area contributed by atoms with Gasteiger partial charge in [0.2, 0.25) is 0 Å². The monoisotopic (exact) mass is 432 g/mol. The largest absolute Gasteiger partial charge is 0.506 e. The summed E-state index contributed by atoms with van der Waals surface area (Å²) >= 11 is 7.67. The lowest BCUT2D eigenvalue weighted by atomic mass is 10.1. The molecule has 1 aromatic carbocycles. The minimum absolute atomic E-state index is 0.0783. The van der Waals surface area contributed by atoms with Crippen molar-refractivity contribution in [2.75, 3.05) is 0 Å². The third-order valence-corrected chi connectivity index (χ3v) is 4.77. The molecule has 2 aromatic rings. The number of phenols is 1. The third-order valence-electron chi connectivity index (χ3n) is 2.54. The van der Waals surface area contributed by atoms with Crippen molar-refractivity contribution < 1.29 is 14.7 Å². The number of carbonyl (C=O) groups is 2. The normalized spacial score (nSPS) is 10.2. The quantitative estimate of drug-likeness (QED) is 0.635. The fraction of sp³-hybridized carbons (Fsp3) is 0.0769. The molecule has 0 saturated carbocycles. The lowest BCUT2D eigenvalue weighted by molar-refractivity contribution is 0.0847. The van der Waals surface area contributed by atoms with Gasteiger partial charge in [-0.1, -0.05) is 0 Å². The van der Waals surface area contributed by atoms with E-state index in [1.165, 1.54) is 17.4 Å². The van der Waals surface area contributed by atoms with Crippen molar-refractivity contribution in [1.29, 1.82) is 0 Å². The Balaban J connectivity index is 2.07. The van der Waals surface area contributed by atoms with Gasteiger partial charge < -0.3 is 5.11 Å². The minimum Gasteiger partial charge on any atom is -0.506 e. The number of hydrazine groups is 1.